The molecule has 0 radical (unpaired) electrons. The zero-order valence-electron chi connectivity index (χ0n) is 8.26. The summed E-state index contributed by atoms with van der Waals surface area (Å²) < 4.78 is 0. The highest BCUT2D eigenvalue weighted by Gasteiger charge is 2.19. The van der Waals surface area contributed by atoms with E-state index in [1.807, 2.05) is 0 Å². The van der Waals surface area contributed by atoms with Crippen molar-refractivity contribution in [2.75, 3.05) is 7.05 Å². The largest absolute Gasteiger partial charge is 0.359 e. The first-order valence-electron chi connectivity index (χ1n) is 4.17. The highest BCUT2D eigenvalue weighted by molar-refractivity contribution is 5.88. The van der Waals surface area contributed by atoms with Gasteiger partial charge in [0.05, 0.1) is 5.92 Å². The summed E-state index contributed by atoms with van der Waals surface area (Å²) in [5.41, 5.74) is 0. The lowest BCUT2D eigenvalue weighted by Crippen LogP contribution is -2.42. The standard InChI is InChI=1S/C9H16N2O2/c1-5-8(12)11-7(3)6(2)9(13)10-4/h5-7H,1H2,2-4H3,(H,10,13)(H,11,12)/t6-,7?/m0/s1. The summed E-state index contributed by atoms with van der Waals surface area (Å²) in [7, 11) is 1.57. The minimum Gasteiger partial charge on any atom is -0.359 e. The fourth-order valence-corrected chi connectivity index (χ4v) is 0.863. The highest BCUT2D eigenvalue weighted by atomic mass is 16.2. The fraction of sp³-hybridized carbons (Fsp3) is 0.556. The van der Waals surface area contributed by atoms with Gasteiger partial charge in [-0.2, -0.15) is 0 Å². The lowest BCUT2D eigenvalue weighted by Gasteiger charge is -2.18. The van der Waals surface area contributed by atoms with Crippen LogP contribution in [-0.4, -0.2) is 24.9 Å². The molecule has 74 valence electrons. The average Bonchev–Trinajstić information content (AvgIpc) is 2.14. The third-order valence-electron chi connectivity index (χ3n) is 1.97. The van der Waals surface area contributed by atoms with E-state index in [1.165, 1.54) is 6.08 Å². The predicted octanol–water partition coefficient (Wildman–Crippen LogP) is 0.0592. The lowest BCUT2D eigenvalue weighted by molar-refractivity contribution is -0.125. The molecule has 1 unspecified atom stereocenters. The Morgan fingerprint density at radius 3 is 2.31 bits per heavy atom. The van der Waals surface area contributed by atoms with Crippen LogP contribution in [0.15, 0.2) is 12.7 Å². The second-order valence-corrected chi connectivity index (χ2v) is 2.90. The maximum atomic E-state index is 11.1. The number of amides is 2. The number of carbonyl (C=O) groups is 2. The topological polar surface area (TPSA) is 58.2 Å². The zero-order valence-corrected chi connectivity index (χ0v) is 8.26. The van der Waals surface area contributed by atoms with E-state index < -0.39 is 0 Å². The van der Waals surface area contributed by atoms with Crippen LogP contribution < -0.4 is 10.6 Å². The molecule has 0 aliphatic rings. The molecule has 0 bridgehead atoms. The van der Waals surface area contributed by atoms with Gasteiger partial charge in [-0.1, -0.05) is 13.5 Å². The van der Waals surface area contributed by atoms with Crippen molar-refractivity contribution in [3.8, 4) is 0 Å². The minimum atomic E-state index is -0.261. The summed E-state index contributed by atoms with van der Waals surface area (Å²) in [4.78, 5) is 22.0. The van der Waals surface area contributed by atoms with Crippen LogP contribution >= 0.6 is 0 Å². The Morgan fingerprint density at radius 1 is 1.38 bits per heavy atom. The van der Waals surface area contributed by atoms with E-state index in [-0.39, 0.29) is 23.8 Å². The van der Waals surface area contributed by atoms with Crippen molar-refractivity contribution in [2.45, 2.75) is 19.9 Å². The lowest BCUT2D eigenvalue weighted by atomic mass is 10.0. The molecule has 2 amide bonds. The predicted molar refractivity (Wildman–Crippen MR) is 51.0 cm³/mol. The Bertz CT molecular complexity index is 214. The Morgan fingerprint density at radius 2 is 1.92 bits per heavy atom. The zero-order chi connectivity index (χ0) is 10.4. The second kappa shape index (κ2) is 5.35. The number of nitrogens with one attached hydrogen (secondary N) is 2. The smallest absolute Gasteiger partial charge is 0.243 e. The molecule has 0 aromatic heterocycles. The van der Waals surface area contributed by atoms with Gasteiger partial charge in [0.25, 0.3) is 0 Å². The van der Waals surface area contributed by atoms with Crippen LogP contribution in [0.25, 0.3) is 0 Å². The van der Waals surface area contributed by atoms with Crippen LogP contribution in [0.5, 0.6) is 0 Å². The van der Waals surface area contributed by atoms with Crippen LogP contribution in [0, 0.1) is 5.92 Å². The van der Waals surface area contributed by atoms with Gasteiger partial charge in [0, 0.05) is 13.1 Å². The molecule has 0 fully saturated rings. The monoisotopic (exact) mass is 184 g/mol. The molecule has 0 aliphatic carbocycles. The Kier molecular flexibility index (Phi) is 4.80. The molecule has 0 aromatic rings. The molecule has 13 heavy (non-hydrogen) atoms. The number of hydrogen-bond acceptors (Lipinski definition) is 2. The average molecular weight is 184 g/mol. The van der Waals surface area contributed by atoms with Gasteiger partial charge in [0.15, 0.2) is 0 Å². The van der Waals surface area contributed by atoms with Gasteiger partial charge in [0.1, 0.15) is 0 Å². The molecule has 0 spiro atoms. The first kappa shape index (κ1) is 11.7. The van der Waals surface area contributed by atoms with E-state index in [2.05, 4.69) is 17.2 Å². The molecule has 4 nitrogen and oxygen atoms in total. The Hall–Kier alpha value is -1.32. The number of carbonyl (C=O) groups excluding carboxylic acids is 2. The molecule has 2 N–H and O–H groups in total. The van der Waals surface area contributed by atoms with Crippen LogP contribution in [0.3, 0.4) is 0 Å². The van der Waals surface area contributed by atoms with E-state index in [9.17, 15) is 9.59 Å². The summed E-state index contributed by atoms with van der Waals surface area (Å²) >= 11 is 0. The van der Waals surface area contributed by atoms with Gasteiger partial charge >= 0.3 is 0 Å². The number of rotatable bonds is 4. The molecular weight excluding hydrogens is 168 g/mol. The molecule has 4 heteroatoms. The molecule has 0 aromatic carbocycles. The van der Waals surface area contributed by atoms with Crippen LogP contribution in [0.4, 0.5) is 0 Å². The third kappa shape index (κ3) is 3.73. The van der Waals surface area contributed by atoms with E-state index in [0.717, 1.165) is 0 Å². The summed E-state index contributed by atoms with van der Waals surface area (Å²) in [6.07, 6.45) is 1.19. The summed E-state index contributed by atoms with van der Waals surface area (Å²) in [5.74, 6) is -0.589. The van der Waals surface area contributed by atoms with Gasteiger partial charge in [-0.15, -0.1) is 0 Å². The van der Waals surface area contributed by atoms with Crippen LogP contribution in [0.1, 0.15) is 13.8 Å². The van der Waals surface area contributed by atoms with Gasteiger partial charge in [0.2, 0.25) is 11.8 Å². The van der Waals surface area contributed by atoms with Crippen molar-refractivity contribution >= 4 is 11.8 Å². The third-order valence-corrected chi connectivity index (χ3v) is 1.97. The molecule has 2 atom stereocenters. The van der Waals surface area contributed by atoms with Crippen molar-refractivity contribution in [3.63, 3.8) is 0 Å². The minimum absolute atomic E-state index is 0.0862. The first-order chi connectivity index (χ1) is 6.02. The Balaban J connectivity index is 4.10. The van der Waals surface area contributed by atoms with Gasteiger partial charge in [-0.3, -0.25) is 9.59 Å². The normalized spacial score (nSPS) is 14.1. The van der Waals surface area contributed by atoms with Crippen molar-refractivity contribution in [1.29, 1.82) is 0 Å². The maximum absolute atomic E-state index is 11.1. The van der Waals surface area contributed by atoms with E-state index in [1.54, 1.807) is 20.9 Å². The molecule has 0 heterocycles. The molecule has 0 saturated heterocycles. The van der Waals surface area contributed by atoms with Crippen molar-refractivity contribution < 1.29 is 9.59 Å². The van der Waals surface area contributed by atoms with Crippen LogP contribution in [0.2, 0.25) is 0 Å². The maximum Gasteiger partial charge on any atom is 0.243 e. The number of hydrogen-bond donors (Lipinski definition) is 2. The first-order valence-corrected chi connectivity index (χ1v) is 4.17. The molecule has 0 rings (SSSR count). The molecule has 0 aliphatic heterocycles. The van der Waals surface area contributed by atoms with E-state index in [4.69, 9.17) is 0 Å². The quantitative estimate of drug-likeness (QED) is 0.607. The molecule has 0 saturated carbocycles. The van der Waals surface area contributed by atoms with E-state index in [0.29, 0.717) is 0 Å². The molecular formula is C9H16N2O2. The van der Waals surface area contributed by atoms with Gasteiger partial charge in [-0.25, -0.2) is 0 Å². The van der Waals surface area contributed by atoms with Crippen LogP contribution in [-0.2, 0) is 9.59 Å². The summed E-state index contributed by atoms with van der Waals surface area (Å²) in [6.45, 7) is 6.86. The SMILES string of the molecule is C=CC(=O)NC(C)[C@H](C)C(=O)NC. The summed E-state index contributed by atoms with van der Waals surface area (Å²) in [6, 6.07) is -0.189. The second-order valence-electron chi connectivity index (χ2n) is 2.90. The van der Waals surface area contributed by atoms with Crippen molar-refractivity contribution in [1.82, 2.24) is 10.6 Å². The van der Waals surface area contributed by atoms with Gasteiger partial charge < -0.3 is 10.6 Å². The van der Waals surface area contributed by atoms with Crippen molar-refractivity contribution in [2.24, 2.45) is 5.92 Å². The van der Waals surface area contributed by atoms with Crippen molar-refractivity contribution in [3.05, 3.63) is 12.7 Å². The summed E-state index contributed by atoms with van der Waals surface area (Å²) in [5, 5.41) is 5.15. The van der Waals surface area contributed by atoms with E-state index >= 15 is 0 Å². The Labute approximate surface area is 78.4 Å². The fourth-order valence-electron chi connectivity index (χ4n) is 0.863. The highest BCUT2D eigenvalue weighted by Crippen LogP contribution is 2.01. The van der Waals surface area contributed by atoms with Gasteiger partial charge in [-0.05, 0) is 13.0 Å².